The lowest BCUT2D eigenvalue weighted by Gasteiger charge is -2.22. The number of hydrogen-bond acceptors (Lipinski definition) is 4. The van der Waals surface area contributed by atoms with Crippen molar-refractivity contribution in [2.45, 2.75) is 69.3 Å². The van der Waals surface area contributed by atoms with Crippen LogP contribution in [0, 0.1) is 5.92 Å². The van der Waals surface area contributed by atoms with Gasteiger partial charge in [0.25, 0.3) is 0 Å². The third-order valence-corrected chi connectivity index (χ3v) is 5.11. The fraction of sp³-hybridized carbons (Fsp3) is 0.800. The van der Waals surface area contributed by atoms with Crippen LogP contribution in [0.25, 0.3) is 0 Å². The van der Waals surface area contributed by atoms with Crippen LogP contribution in [0.15, 0.2) is 11.5 Å². The second-order valence-electron chi connectivity index (χ2n) is 6.12. The smallest absolute Gasteiger partial charge is 0.233 e. The maximum atomic E-state index is 12.2. The largest absolute Gasteiger partial charge is 0.355 e. The molecule has 1 aliphatic rings. The predicted molar refractivity (Wildman–Crippen MR) is 85.3 cm³/mol. The highest BCUT2D eigenvalue weighted by atomic mass is 32.2. The zero-order valence-electron chi connectivity index (χ0n) is 13.2. The van der Waals surface area contributed by atoms with Gasteiger partial charge in [0.2, 0.25) is 5.91 Å². The van der Waals surface area contributed by atoms with Crippen LogP contribution in [-0.4, -0.2) is 32.5 Å². The number of thioether (sulfide) groups is 1. The van der Waals surface area contributed by atoms with E-state index in [1.165, 1.54) is 43.9 Å². The molecule has 21 heavy (non-hydrogen) atoms. The molecule has 1 fully saturated rings. The molecule has 5 nitrogen and oxygen atoms in total. The molecule has 1 aliphatic carbocycles. The van der Waals surface area contributed by atoms with Crippen molar-refractivity contribution in [2.24, 2.45) is 5.92 Å². The first-order valence-electron chi connectivity index (χ1n) is 7.91. The Hall–Kier alpha value is -1.04. The third kappa shape index (κ3) is 4.73. The Kier molecular flexibility index (Phi) is 6.08. The van der Waals surface area contributed by atoms with Gasteiger partial charge >= 0.3 is 0 Å². The summed E-state index contributed by atoms with van der Waals surface area (Å²) in [6, 6.07) is 0.306. The summed E-state index contributed by atoms with van der Waals surface area (Å²) in [6.45, 7) is 6.92. The molecule has 0 saturated heterocycles. The third-order valence-electron chi connectivity index (χ3n) is 4.04. The molecule has 0 bridgehead atoms. The Bertz CT molecular complexity index is 454. The summed E-state index contributed by atoms with van der Waals surface area (Å²) in [5.74, 6) is 0.767. The van der Waals surface area contributed by atoms with Crippen LogP contribution in [0.2, 0.25) is 0 Å². The first-order valence-corrected chi connectivity index (χ1v) is 8.79. The van der Waals surface area contributed by atoms with Gasteiger partial charge in [-0.25, -0.2) is 0 Å². The number of carbonyl (C=O) groups is 1. The number of amides is 1. The number of hydrogen-bond donors (Lipinski definition) is 1. The quantitative estimate of drug-likeness (QED) is 0.821. The van der Waals surface area contributed by atoms with Gasteiger partial charge in [-0.15, -0.1) is 10.2 Å². The fourth-order valence-corrected chi connectivity index (χ4v) is 3.64. The molecule has 1 aromatic heterocycles. The first kappa shape index (κ1) is 16.3. The minimum atomic E-state index is -0.143. The summed E-state index contributed by atoms with van der Waals surface area (Å²) in [6.07, 6.45) is 8.19. The Morgan fingerprint density at radius 3 is 2.76 bits per heavy atom. The van der Waals surface area contributed by atoms with E-state index in [1.807, 2.05) is 11.5 Å². The van der Waals surface area contributed by atoms with Gasteiger partial charge in [-0.2, -0.15) is 0 Å². The maximum Gasteiger partial charge on any atom is 0.233 e. The second-order valence-corrected chi connectivity index (χ2v) is 7.43. The van der Waals surface area contributed by atoms with Crippen molar-refractivity contribution in [3.63, 3.8) is 0 Å². The summed E-state index contributed by atoms with van der Waals surface area (Å²) < 4.78 is 2.00. The molecule has 0 aliphatic heterocycles. The summed E-state index contributed by atoms with van der Waals surface area (Å²) >= 11 is 1.48. The highest BCUT2D eigenvalue weighted by Gasteiger charge is 2.20. The molecule has 2 rings (SSSR count). The Balaban J connectivity index is 1.80. The van der Waals surface area contributed by atoms with Gasteiger partial charge in [-0.05, 0) is 39.5 Å². The Morgan fingerprint density at radius 1 is 1.38 bits per heavy atom. The molecule has 1 unspecified atom stereocenters. The molecule has 0 radical (unpaired) electrons. The SMILES string of the molecule is CC(Sc1nncn1C(C)C)C(=O)NCC1CCCCC1. The minimum absolute atomic E-state index is 0.101. The van der Waals surface area contributed by atoms with E-state index >= 15 is 0 Å². The standard InChI is InChI=1S/C15H26N4OS/c1-11(2)19-10-17-18-15(19)21-12(3)14(20)16-9-13-7-5-4-6-8-13/h10-13H,4-9H2,1-3H3,(H,16,20). The molecular weight excluding hydrogens is 284 g/mol. The molecule has 0 spiro atoms. The minimum Gasteiger partial charge on any atom is -0.355 e. The molecule has 0 aromatic carbocycles. The van der Waals surface area contributed by atoms with Crippen LogP contribution in [0.5, 0.6) is 0 Å². The monoisotopic (exact) mass is 310 g/mol. The van der Waals surface area contributed by atoms with E-state index in [4.69, 9.17) is 0 Å². The van der Waals surface area contributed by atoms with Crippen LogP contribution in [0.1, 0.15) is 58.9 Å². The second kappa shape index (κ2) is 7.82. The average molecular weight is 310 g/mol. The van der Waals surface area contributed by atoms with Crippen LogP contribution in [0.4, 0.5) is 0 Å². The fourth-order valence-electron chi connectivity index (χ4n) is 2.66. The normalized spacial score (nSPS) is 17.9. The van der Waals surface area contributed by atoms with Crippen LogP contribution >= 0.6 is 11.8 Å². The van der Waals surface area contributed by atoms with Gasteiger partial charge in [0.15, 0.2) is 5.16 Å². The lowest BCUT2D eigenvalue weighted by molar-refractivity contribution is -0.120. The molecule has 1 aromatic rings. The number of carbonyl (C=O) groups excluding carboxylic acids is 1. The van der Waals surface area contributed by atoms with E-state index in [9.17, 15) is 4.79 Å². The van der Waals surface area contributed by atoms with Gasteiger partial charge in [0.05, 0.1) is 5.25 Å². The molecule has 1 amide bonds. The van der Waals surface area contributed by atoms with Crippen molar-refractivity contribution in [1.82, 2.24) is 20.1 Å². The first-order chi connectivity index (χ1) is 10.1. The zero-order chi connectivity index (χ0) is 15.2. The zero-order valence-corrected chi connectivity index (χ0v) is 14.0. The highest BCUT2D eigenvalue weighted by molar-refractivity contribution is 8.00. The number of nitrogens with one attached hydrogen (secondary N) is 1. The maximum absolute atomic E-state index is 12.2. The summed E-state index contributed by atoms with van der Waals surface area (Å²) in [7, 11) is 0. The van der Waals surface area contributed by atoms with E-state index in [0.717, 1.165) is 11.7 Å². The predicted octanol–water partition coefficient (Wildman–Crippen LogP) is 3.04. The summed E-state index contributed by atoms with van der Waals surface area (Å²) in [4.78, 5) is 12.2. The molecule has 1 heterocycles. The van der Waals surface area contributed by atoms with Gasteiger partial charge in [-0.3, -0.25) is 4.79 Å². The van der Waals surface area contributed by atoms with Crippen LogP contribution in [0.3, 0.4) is 0 Å². The Morgan fingerprint density at radius 2 is 2.10 bits per heavy atom. The van der Waals surface area contributed by atoms with Crippen molar-refractivity contribution in [2.75, 3.05) is 6.54 Å². The van der Waals surface area contributed by atoms with E-state index in [0.29, 0.717) is 12.0 Å². The average Bonchev–Trinajstić information content (AvgIpc) is 2.94. The van der Waals surface area contributed by atoms with Gasteiger partial charge < -0.3 is 9.88 Å². The molecule has 1 saturated carbocycles. The van der Waals surface area contributed by atoms with Gasteiger partial charge in [0, 0.05) is 12.6 Å². The molecular formula is C15H26N4OS. The van der Waals surface area contributed by atoms with Crippen molar-refractivity contribution in [1.29, 1.82) is 0 Å². The van der Waals surface area contributed by atoms with E-state index in [2.05, 4.69) is 29.4 Å². The van der Waals surface area contributed by atoms with Crippen molar-refractivity contribution in [3.05, 3.63) is 6.33 Å². The molecule has 1 atom stereocenters. The molecule has 1 N–H and O–H groups in total. The van der Waals surface area contributed by atoms with Crippen LogP contribution < -0.4 is 5.32 Å². The van der Waals surface area contributed by atoms with E-state index < -0.39 is 0 Å². The summed E-state index contributed by atoms with van der Waals surface area (Å²) in [5, 5.41) is 11.8. The van der Waals surface area contributed by atoms with Crippen molar-refractivity contribution in [3.8, 4) is 0 Å². The van der Waals surface area contributed by atoms with Gasteiger partial charge in [0.1, 0.15) is 6.33 Å². The number of rotatable bonds is 6. The van der Waals surface area contributed by atoms with E-state index in [-0.39, 0.29) is 11.2 Å². The van der Waals surface area contributed by atoms with Crippen molar-refractivity contribution >= 4 is 17.7 Å². The van der Waals surface area contributed by atoms with Gasteiger partial charge in [-0.1, -0.05) is 31.0 Å². The van der Waals surface area contributed by atoms with Crippen molar-refractivity contribution < 1.29 is 4.79 Å². The lowest BCUT2D eigenvalue weighted by atomic mass is 9.89. The Labute approximate surface area is 131 Å². The van der Waals surface area contributed by atoms with Crippen LogP contribution in [-0.2, 0) is 4.79 Å². The highest BCUT2D eigenvalue weighted by Crippen LogP contribution is 2.25. The van der Waals surface area contributed by atoms with E-state index in [1.54, 1.807) is 6.33 Å². The topological polar surface area (TPSA) is 59.8 Å². The number of nitrogens with zero attached hydrogens (tertiary/aromatic N) is 3. The number of aromatic nitrogens is 3. The lowest BCUT2D eigenvalue weighted by Crippen LogP contribution is -2.35. The summed E-state index contributed by atoms with van der Waals surface area (Å²) in [5.41, 5.74) is 0. The molecule has 118 valence electrons. The molecule has 6 heteroatoms.